The first-order valence-electron chi connectivity index (χ1n) is 4.85. The summed E-state index contributed by atoms with van der Waals surface area (Å²) in [5, 5.41) is 8.78. The number of carbonyl (C=O) groups is 1. The number of carbonyl (C=O) groups excluding carboxylic acids is 1. The van der Waals surface area contributed by atoms with Gasteiger partial charge in [0, 0.05) is 0 Å². The van der Waals surface area contributed by atoms with Gasteiger partial charge >= 0.3 is 0 Å². The van der Waals surface area contributed by atoms with Crippen molar-refractivity contribution in [1.29, 1.82) is 5.26 Å². The largest absolute Gasteiger partial charge is 0.369 e. The van der Waals surface area contributed by atoms with E-state index in [0.717, 1.165) is 12.8 Å². The maximum Gasteiger partial charge on any atom is 0.235 e. The van der Waals surface area contributed by atoms with Crippen LogP contribution in [0.15, 0.2) is 0 Å². The fourth-order valence-corrected chi connectivity index (χ4v) is 2.20. The van der Waals surface area contributed by atoms with E-state index in [4.69, 9.17) is 11.0 Å². The van der Waals surface area contributed by atoms with Gasteiger partial charge in [-0.1, -0.05) is 32.6 Å². The summed E-state index contributed by atoms with van der Waals surface area (Å²) >= 11 is 0. The van der Waals surface area contributed by atoms with Gasteiger partial charge in [-0.3, -0.25) is 4.79 Å². The Morgan fingerprint density at radius 3 is 2.46 bits per heavy atom. The summed E-state index contributed by atoms with van der Waals surface area (Å²) in [6.45, 7) is 1.97. The molecule has 2 unspecified atom stereocenters. The molecule has 0 aliphatic heterocycles. The normalized spacial score (nSPS) is 22.2. The van der Waals surface area contributed by atoms with Gasteiger partial charge in [0.2, 0.25) is 5.91 Å². The highest BCUT2D eigenvalue weighted by molar-refractivity contribution is 5.79. The Balaban J connectivity index is 2.58. The fraction of sp³-hybridized carbons (Fsp3) is 0.800. The summed E-state index contributed by atoms with van der Waals surface area (Å²) in [6, 6.07) is 2.00. The number of nitrogens with zero attached hydrogens (tertiary/aromatic N) is 1. The van der Waals surface area contributed by atoms with Gasteiger partial charge in [-0.05, 0) is 11.8 Å². The summed E-state index contributed by atoms with van der Waals surface area (Å²) in [4.78, 5) is 10.9. The molecule has 1 fully saturated rings. The Morgan fingerprint density at radius 2 is 2.08 bits per heavy atom. The van der Waals surface area contributed by atoms with Gasteiger partial charge in [0.1, 0.15) is 5.92 Å². The van der Waals surface area contributed by atoms with Gasteiger partial charge in [-0.15, -0.1) is 0 Å². The van der Waals surface area contributed by atoms with Gasteiger partial charge in [0.15, 0.2) is 0 Å². The van der Waals surface area contributed by atoms with Crippen molar-refractivity contribution in [3.8, 4) is 6.07 Å². The maximum absolute atomic E-state index is 10.9. The van der Waals surface area contributed by atoms with E-state index in [2.05, 4.69) is 0 Å². The van der Waals surface area contributed by atoms with E-state index in [1.807, 2.05) is 13.0 Å². The Hall–Kier alpha value is -1.04. The molecule has 3 nitrogen and oxygen atoms in total. The molecule has 2 atom stereocenters. The molecule has 1 rings (SSSR count). The van der Waals surface area contributed by atoms with Crippen molar-refractivity contribution in [2.45, 2.75) is 32.6 Å². The highest BCUT2D eigenvalue weighted by atomic mass is 16.1. The zero-order valence-electron chi connectivity index (χ0n) is 7.99. The predicted molar refractivity (Wildman–Crippen MR) is 49.4 cm³/mol. The van der Waals surface area contributed by atoms with Crippen LogP contribution < -0.4 is 5.73 Å². The van der Waals surface area contributed by atoms with Crippen molar-refractivity contribution in [2.75, 3.05) is 0 Å². The molecule has 1 aliphatic rings. The van der Waals surface area contributed by atoms with Gasteiger partial charge < -0.3 is 5.73 Å². The lowest BCUT2D eigenvalue weighted by molar-refractivity contribution is -0.121. The second kappa shape index (κ2) is 4.27. The molecule has 0 aromatic rings. The number of rotatable bonds is 3. The molecule has 1 saturated carbocycles. The van der Waals surface area contributed by atoms with E-state index in [1.54, 1.807) is 0 Å². The Kier molecular flexibility index (Phi) is 3.30. The molecule has 0 aromatic carbocycles. The molecule has 72 valence electrons. The molecular formula is C10H16N2O. The van der Waals surface area contributed by atoms with Gasteiger partial charge in [0.25, 0.3) is 0 Å². The third kappa shape index (κ3) is 2.21. The number of hydrogen-bond acceptors (Lipinski definition) is 2. The van der Waals surface area contributed by atoms with Crippen molar-refractivity contribution in [3.05, 3.63) is 0 Å². The smallest absolute Gasteiger partial charge is 0.235 e. The van der Waals surface area contributed by atoms with Crippen LogP contribution >= 0.6 is 0 Å². The first kappa shape index (κ1) is 10.0. The number of nitriles is 1. The lowest BCUT2D eigenvalue weighted by Gasteiger charge is -2.21. The van der Waals surface area contributed by atoms with Crippen LogP contribution in [0.5, 0.6) is 0 Å². The molecular weight excluding hydrogens is 164 g/mol. The summed E-state index contributed by atoms with van der Waals surface area (Å²) in [5.74, 6) is -0.410. The van der Waals surface area contributed by atoms with E-state index in [1.165, 1.54) is 12.8 Å². The second-order valence-corrected chi connectivity index (χ2v) is 3.91. The maximum atomic E-state index is 10.9. The van der Waals surface area contributed by atoms with Crippen LogP contribution in [0.25, 0.3) is 0 Å². The minimum atomic E-state index is -0.594. The molecule has 1 aliphatic carbocycles. The first-order chi connectivity index (χ1) is 6.16. The van der Waals surface area contributed by atoms with E-state index < -0.39 is 11.8 Å². The minimum absolute atomic E-state index is 0.130. The zero-order valence-corrected chi connectivity index (χ0v) is 7.99. The molecule has 0 radical (unpaired) electrons. The van der Waals surface area contributed by atoms with Crippen molar-refractivity contribution >= 4 is 5.91 Å². The molecule has 13 heavy (non-hydrogen) atoms. The van der Waals surface area contributed by atoms with Crippen molar-refractivity contribution in [1.82, 2.24) is 0 Å². The van der Waals surface area contributed by atoms with Crippen LogP contribution in [0.2, 0.25) is 0 Å². The zero-order chi connectivity index (χ0) is 9.84. The lowest BCUT2D eigenvalue weighted by Crippen LogP contribution is -2.30. The molecule has 0 heterocycles. The van der Waals surface area contributed by atoms with Gasteiger partial charge in [0.05, 0.1) is 6.07 Å². The number of primary amides is 1. The summed E-state index contributed by atoms with van der Waals surface area (Å²) in [5.41, 5.74) is 5.15. The number of hydrogen-bond donors (Lipinski definition) is 1. The summed E-state index contributed by atoms with van der Waals surface area (Å²) < 4.78 is 0. The Morgan fingerprint density at radius 1 is 1.54 bits per heavy atom. The topological polar surface area (TPSA) is 66.9 Å². The fourth-order valence-electron chi connectivity index (χ4n) is 2.20. The second-order valence-electron chi connectivity index (χ2n) is 3.91. The Labute approximate surface area is 78.9 Å². The summed E-state index contributed by atoms with van der Waals surface area (Å²) in [7, 11) is 0. The van der Waals surface area contributed by atoms with Crippen LogP contribution in [0.4, 0.5) is 0 Å². The van der Waals surface area contributed by atoms with Crippen molar-refractivity contribution < 1.29 is 4.79 Å². The molecule has 3 heteroatoms. The average molecular weight is 180 g/mol. The summed E-state index contributed by atoms with van der Waals surface area (Å²) in [6.07, 6.45) is 4.75. The highest BCUT2D eigenvalue weighted by Gasteiger charge is 2.31. The Bertz CT molecular complexity index is 226. The molecule has 0 bridgehead atoms. The number of nitrogens with two attached hydrogens (primary N) is 1. The first-order valence-corrected chi connectivity index (χ1v) is 4.85. The molecule has 0 aromatic heterocycles. The van der Waals surface area contributed by atoms with Crippen molar-refractivity contribution in [2.24, 2.45) is 23.5 Å². The lowest BCUT2D eigenvalue weighted by atomic mass is 9.82. The van der Waals surface area contributed by atoms with E-state index in [0.29, 0.717) is 5.92 Å². The van der Waals surface area contributed by atoms with E-state index >= 15 is 0 Å². The third-order valence-corrected chi connectivity index (χ3v) is 3.11. The highest BCUT2D eigenvalue weighted by Crippen LogP contribution is 2.34. The van der Waals surface area contributed by atoms with Crippen molar-refractivity contribution in [3.63, 3.8) is 0 Å². The quantitative estimate of drug-likeness (QED) is 0.714. The average Bonchev–Trinajstić information content (AvgIpc) is 2.56. The third-order valence-electron chi connectivity index (χ3n) is 3.11. The number of amides is 1. The van der Waals surface area contributed by atoms with Crippen LogP contribution in [0.3, 0.4) is 0 Å². The molecule has 0 saturated heterocycles. The van der Waals surface area contributed by atoms with Gasteiger partial charge in [-0.25, -0.2) is 0 Å². The molecule has 1 amide bonds. The van der Waals surface area contributed by atoms with Crippen LogP contribution in [0, 0.1) is 29.1 Å². The van der Waals surface area contributed by atoms with Gasteiger partial charge in [-0.2, -0.15) is 5.26 Å². The van der Waals surface area contributed by atoms with E-state index in [9.17, 15) is 4.79 Å². The van der Waals surface area contributed by atoms with Crippen LogP contribution in [0.1, 0.15) is 32.6 Å². The van der Waals surface area contributed by atoms with Crippen LogP contribution in [-0.4, -0.2) is 5.91 Å². The van der Waals surface area contributed by atoms with E-state index in [-0.39, 0.29) is 5.92 Å². The monoisotopic (exact) mass is 180 g/mol. The predicted octanol–water partition coefficient (Wildman–Crippen LogP) is 1.44. The van der Waals surface area contributed by atoms with Crippen LogP contribution in [-0.2, 0) is 4.79 Å². The SMILES string of the molecule is CC(C1CCCC1)C(C#N)C(N)=O. The molecule has 2 N–H and O–H groups in total. The standard InChI is InChI=1S/C10H16N2O/c1-7(8-4-2-3-5-8)9(6-11)10(12)13/h7-9H,2-5H2,1H3,(H2,12,13). The minimum Gasteiger partial charge on any atom is -0.369 e. The molecule has 0 spiro atoms.